The molecule has 2 N–H and O–H groups in total. The molecule has 2 rings (SSSR count). The Kier molecular flexibility index (Phi) is 11.2. The van der Waals surface area contributed by atoms with E-state index in [9.17, 15) is 0 Å². The van der Waals surface area contributed by atoms with Gasteiger partial charge in [0.15, 0.2) is 5.96 Å². The minimum Gasteiger partial charge on any atom is -0.496 e. The number of hydrogen-bond donors (Lipinski definition) is 2. The summed E-state index contributed by atoms with van der Waals surface area (Å²) in [5.41, 5.74) is 1.24. The number of nitrogens with zero attached hydrogens (tertiary/aromatic N) is 1. The van der Waals surface area contributed by atoms with Crippen LogP contribution in [0.15, 0.2) is 64.5 Å². The van der Waals surface area contributed by atoms with Gasteiger partial charge in [-0.2, -0.15) is 0 Å². The van der Waals surface area contributed by atoms with Gasteiger partial charge in [-0.1, -0.05) is 49.4 Å². The Morgan fingerprint density at radius 1 is 1.08 bits per heavy atom. The maximum absolute atomic E-state index is 5.40. The van der Waals surface area contributed by atoms with Gasteiger partial charge in [-0.25, -0.2) is 0 Å². The molecule has 0 saturated heterocycles. The highest BCUT2D eigenvalue weighted by molar-refractivity contribution is 14.0. The number of thioether (sulfide) groups is 1. The van der Waals surface area contributed by atoms with Gasteiger partial charge in [-0.15, -0.1) is 35.7 Å². The fourth-order valence-electron chi connectivity index (χ4n) is 2.30. The van der Waals surface area contributed by atoms with Crippen LogP contribution in [0.5, 0.6) is 5.75 Å². The number of nitrogens with one attached hydrogen (secondary N) is 2. The molecule has 0 aliphatic carbocycles. The van der Waals surface area contributed by atoms with Crippen LogP contribution in [-0.2, 0) is 6.54 Å². The number of rotatable bonds is 8. The van der Waals surface area contributed by atoms with E-state index >= 15 is 0 Å². The van der Waals surface area contributed by atoms with Crippen LogP contribution >= 0.6 is 35.7 Å². The van der Waals surface area contributed by atoms with Crippen LogP contribution in [0, 0.1) is 5.92 Å². The molecule has 4 nitrogen and oxygen atoms in total. The van der Waals surface area contributed by atoms with Crippen molar-refractivity contribution in [2.75, 3.05) is 26.5 Å². The molecule has 2 aromatic carbocycles. The van der Waals surface area contributed by atoms with Crippen LogP contribution in [0.4, 0.5) is 0 Å². The smallest absolute Gasteiger partial charge is 0.191 e. The van der Waals surface area contributed by atoms with E-state index in [-0.39, 0.29) is 24.0 Å². The lowest BCUT2D eigenvalue weighted by Crippen LogP contribution is -2.39. The lowest BCUT2D eigenvalue weighted by Gasteiger charge is -2.16. The molecule has 0 heterocycles. The highest BCUT2D eigenvalue weighted by Gasteiger charge is 2.08. The number of benzene rings is 2. The monoisotopic (exact) mass is 485 g/mol. The number of ether oxygens (including phenoxy) is 1. The molecule has 6 heteroatoms. The Morgan fingerprint density at radius 2 is 1.77 bits per heavy atom. The summed E-state index contributed by atoms with van der Waals surface area (Å²) in [6.45, 7) is 3.88. The van der Waals surface area contributed by atoms with Crippen molar-refractivity contribution in [3.8, 4) is 5.75 Å². The van der Waals surface area contributed by atoms with Crippen molar-refractivity contribution in [2.24, 2.45) is 10.9 Å². The molecule has 0 aromatic heterocycles. The largest absolute Gasteiger partial charge is 0.496 e. The van der Waals surface area contributed by atoms with Gasteiger partial charge in [0.2, 0.25) is 0 Å². The quantitative estimate of drug-likeness (QED) is 0.252. The highest BCUT2D eigenvalue weighted by atomic mass is 127. The topological polar surface area (TPSA) is 45.7 Å². The van der Waals surface area contributed by atoms with E-state index in [0.717, 1.165) is 30.6 Å². The number of halogens is 1. The maximum Gasteiger partial charge on any atom is 0.191 e. The number of guanidine groups is 1. The van der Waals surface area contributed by atoms with E-state index in [1.54, 1.807) is 14.2 Å². The first-order valence-corrected chi connectivity index (χ1v) is 9.45. The lowest BCUT2D eigenvalue weighted by molar-refractivity contribution is 0.405. The molecule has 0 saturated carbocycles. The SMILES string of the molecule is CN=C(NCc1ccccc1)NCC(C)CSc1ccccc1OC.I. The molecule has 1 unspecified atom stereocenters. The summed E-state index contributed by atoms with van der Waals surface area (Å²) in [4.78, 5) is 5.47. The maximum atomic E-state index is 5.40. The standard InChI is InChI=1S/C20H27N3OS.HI/c1-16(15-25-19-12-8-7-11-18(19)24-3)13-22-20(21-2)23-14-17-9-5-4-6-10-17;/h4-12,16H,13-15H2,1-3H3,(H2,21,22,23);1H. The second-order valence-electron chi connectivity index (χ2n) is 5.86. The van der Waals surface area contributed by atoms with Gasteiger partial charge < -0.3 is 15.4 Å². The van der Waals surface area contributed by atoms with Crippen LogP contribution in [0.25, 0.3) is 0 Å². The van der Waals surface area contributed by atoms with Gasteiger partial charge >= 0.3 is 0 Å². The Labute approximate surface area is 178 Å². The summed E-state index contributed by atoms with van der Waals surface area (Å²) in [6.07, 6.45) is 0. The molecule has 0 amide bonds. The van der Waals surface area contributed by atoms with E-state index in [0.29, 0.717) is 5.92 Å². The Hall–Kier alpha value is -1.41. The number of para-hydroxylation sites is 1. The molecule has 0 bridgehead atoms. The summed E-state index contributed by atoms with van der Waals surface area (Å²) in [6, 6.07) is 18.5. The first kappa shape index (κ1) is 22.6. The van der Waals surface area contributed by atoms with Crippen LogP contribution in [0.3, 0.4) is 0 Å². The van der Waals surface area contributed by atoms with Crippen LogP contribution < -0.4 is 15.4 Å². The Balaban J connectivity index is 0.00000338. The fraction of sp³-hybridized carbons (Fsp3) is 0.350. The third-order valence-electron chi connectivity index (χ3n) is 3.74. The zero-order chi connectivity index (χ0) is 17.9. The third kappa shape index (κ3) is 7.86. The van der Waals surface area contributed by atoms with Crippen molar-refractivity contribution in [3.05, 3.63) is 60.2 Å². The van der Waals surface area contributed by atoms with Crippen LogP contribution in [0.1, 0.15) is 12.5 Å². The number of methoxy groups -OCH3 is 1. The second-order valence-corrected chi connectivity index (χ2v) is 6.92. The van der Waals surface area contributed by atoms with Crippen molar-refractivity contribution in [1.82, 2.24) is 10.6 Å². The molecule has 0 aliphatic rings. The molecule has 0 radical (unpaired) electrons. The molecule has 2 aromatic rings. The van der Waals surface area contributed by atoms with Crippen LogP contribution in [0.2, 0.25) is 0 Å². The van der Waals surface area contributed by atoms with Gasteiger partial charge in [0, 0.05) is 30.8 Å². The number of aliphatic imine (C=N–C) groups is 1. The van der Waals surface area contributed by atoms with Gasteiger partial charge in [0.1, 0.15) is 5.75 Å². The zero-order valence-electron chi connectivity index (χ0n) is 15.6. The van der Waals surface area contributed by atoms with Gasteiger partial charge in [-0.3, -0.25) is 4.99 Å². The van der Waals surface area contributed by atoms with E-state index in [4.69, 9.17) is 4.74 Å². The molecule has 26 heavy (non-hydrogen) atoms. The molecular formula is C20H28IN3OS. The second kappa shape index (κ2) is 12.9. The average Bonchev–Trinajstić information content (AvgIpc) is 2.67. The summed E-state index contributed by atoms with van der Waals surface area (Å²) >= 11 is 1.82. The summed E-state index contributed by atoms with van der Waals surface area (Å²) < 4.78 is 5.40. The van der Waals surface area contributed by atoms with Crippen molar-refractivity contribution in [2.45, 2.75) is 18.4 Å². The minimum atomic E-state index is 0. The lowest BCUT2D eigenvalue weighted by atomic mass is 10.2. The Morgan fingerprint density at radius 3 is 2.46 bits per heavy atom. The van der Waals surface area contributed by atoms with Gasteiger partial charge in [0.05, 0.1) is 7.11 Å². The van der Waals surface area contributed by atoms with Crippen molar-refractivity contribution in [3.63, 3.8) is 0 Å². The zero-order valence-corrected chi connectivity index (χ0v) is 18.7. The molecule has 0 fully saturated rings. The van der Waals surface area contributed by atoms with Crippen LogP contribution in [-0.4, -0.2) is 32.4 Å². The average molecular weight is 485 g/mol. The summed E-state index contributed by atoms with van der Waals surface area (Å²) in [5.74, 6) is 3.29. The molecule has 0 spiro atoms. The minimum absolute atomic E-state index is 0. The number of hydrogen-bond acceptors (Lipinski definition) is 3. The van der Waals surface area contributed by atoms with E-state index < -0.39 is 0 Å². The normalized spacial score (nSPS) is 12.0. The molecule has 0 aliphatic heterocycles. The van der Waals surface area contributed by atoms with Crippen molar-refractivity contribution < 1.29 is 4.74 Å². The molecular weight excluding hydrogens is 457 g/mol. The first-order valence-electron chi connectivity index (χ1n) is 8.47. The predicted octanol–water partition coefficient (Wildman–Crippen LogP) is 4.41. The summed E-state index contributed by atoms with van der Waals surface area (Å²) in [7, 11) is 3.52. The van der Waals surface area contributed by atoms with E-state index in [2.05, 4.69) is 40.7 Å². The third-order valence-corrected chi connectivity index (χ3v) is 5.12. The fourth-order valence-corrected chi connectivity index (χ4v) is 3.35. The van der Waals surface area contributed by atoms with Crippen molar-refractivity contribution >= 4 is 41.7 Å². The molecule has 1 atom stereocenters. The highest BCUT2D eigenvalue weighted by Crippen LogP contribution is 2.29. The summed E-state index contributed by atoms with van der Waals surface area (Å²) in [5, 5.41) is 6.74. The van der Waals surface area contributed by atoms with Crippen molar-refractivity contribution in [1.29, 1.82) is 0 Å². The first-order chi connectivity index (χ1) is 12.2. The van der Waals surface area contributed by atoms with E-state index in [1.165, 1.54) is 10.5 Å². The van der Waals surface area contributed by atoms with Gasteiger partial charge in [-0.05, 0) is 23.6 Å². The van der Waals surface area contributed by atoms with Gasteiger partial charge in [0.25, 0.3) is 0 Å². The van der Waals surface area contributed by atoms with E-state index in [1.807, 2.05) is 48.2 Å². The molecule has 142 valence electrons. The predicted molar refractivity (Wildman–Crippen MR) is 123 cm³/mol. The Bertz CT molecular complexity index is 667.